The molecule has 32 heavy (non-hydrogen) atoms. The molecule has 1 atom stereocenters. The molecule has 4 rings (SSSR count). The van der Waals surface area contributed by atoms with Crippen LogP contribution in [-0.4, -0.2) is 33.0 Å². The van der Waals surface area contributed by atoms with Gasteiger partial charge in [-0.25, -0.2) is 14.1 Å². The number of para-hydroxylation sites is 1. The van der Waals surface area contributed by atoms with Crippen molar-refractivity contribution in [2.45, 2.75) is 38.8 Å². The summed E-state index contributed by atoms with van der Waals surface area (Å²) in [7, 11) is 0. The molecule has 0 radical (unpaired) electrons. The van der Waals surface area contributed by atoms with Gasteiger partial charge in [0.05, 0.1) is 5.69 Å². The number of urea groups is 1. The van der Waals surface area contributed by atoms with Crippen LogP contribution in [0.1, 0.15) is 36.5 Å². The first-order valence-electron chi connectivity index (χ1n) is 10.5. The van der Waals surface area contributed by atoms with Crippen molar-refractivity contribution in [1.82, 2.24) is 9.88 Å². The van der Waals surface area contributed by atoms with E-state index in [1.54, 1.807) is 42.7 Å². The van der Waals surface area contributed by atoms with Crippen LogP contribution < -0.4 is 4.90 Å². The summed E-state index contributed by atoms with van der Waals surface area (Å²) in [5, 5.41) is 10.1. The van der Waals surface area contributed by atoms with Gasteiger partial charge in [0.25, 0.3) is 5.91 Å². The van der Waals surface area contributed by atoms with E-state index in [1.807, 2.05) is 12.1 Å². The molecule has 1 N–H and O–H groups in total. The fraction of sp³-hybridized carbons (Fsp3) is 0.240. The zero-order valence-corrected chi connectivity index (χ0v) is 17.9. The van der Waals surface area contributed by atoms with Gasteiger partial charge in [0, 0.05) is 25.4 Å². The molecular weight excluding hydrogens is 409 g/mol. The number of aromatic nitrogens is 1. The zero-order chi connectivity index (χ0) is 22.8. The maximum atomic E-state index is 13.9. The molecule has 6 nitrogen and oxygen atoms in total. The Hall–Kier alpha value is -3.74. The second-order valence-electron chi connectivity index (χ2n) is 8.15. The van der Waals surface area contributed by atoms with Crippen LogP contribution in [0.15, 0.2) is 67.0 Å². The summed E-state index contributed by atoms with van der Waals surface area (Å²) in [6.45, 7) is 4.33. The minimum absolute atomic E-state index is 0.000171. The fourth-order valence-corrected chi connectivity index (χ4v) is 3.88. The van der Waals surface area contributed by atoms with E-state index in [0.717, 1.165) is 22.1 Å². The largest absolute Gasteiger partial charge is 0.505 e. The van der Waals surface area contributed by atoms with Gasteiger partial charge in [0.1, 0.15) is 6.04 Å². The monoisotopic (exact) mass is 433 g/mol. The van der Waals surface area contributed by atoms with Crippen LogP contribution in [0.3, 0.4) is 0 Å². The average Bonchev–Trinajstić information content (AvgIpc) is 3.01. The summed E-state index contributed by atoms with van der Waals surface area (Å²) in [6.07, 6.45) is 3.24. The van der Waals surface area contributed by atoms with Crippen molar-refractivity contribution in [3.05, 3.63) is 89.5 Å². The smallest absolute Gasteiger partial charge is 0.332 e. The number of anilines is 1. The fourth-order valence-electron chi connectivity index (χ4n) is 3.88. The molecule has 0 spiro atoms. The van der Waals surface area contributed by atoms with Crippen LogP contribution >= 0.6 is 0 Å². The summed E-state index contributed by atoms with van der Waals surface area (Å²) in [5.41, 5.74) is 2.66. The Kier molecular flexibility index (Phi) is 5.90. The Morgan fingerprint density at radius 3 is 2.38 bits per heavy atom. The Labute approximate surface area is 185 Å². The van der Waals surface area contributed by atoms with Gasteiger partial charge in [-0.1, -0.05) is 38.1 Å². The van der Waals surface area contributed by atoms with Gasteiger partial charge in [-0.15, -0.1) is 0 Å². The summed E-state index contributed by atoms with van der Waals surface area (Å²) in [5.74, 6) is -1.36. The van der Waals surface area contributed by atoms with Gasteiger partial charge >= 0.3 is 6.03 Å². The van der Waals surface area contributed by atoms with Crippen molar-refractivity contribution in [2.24, 2.45) is 0 Å². The number of hydrogen-bond donors (Lipinski definition) is 1. The van der Waals surface area contributed by atoms with E-state index in [1.165, 1.54) is 11.0 Å². The number of pyridine rings is 1. The van der Waals surface area contributed by atoms with Gasteiger partial charge < -0.3 is 10.0 Å². The van der Waals surface area contributed by atoms with Crippen molar-refractivity contribution in [2.75, 3.05) is 4.90 Å². The maximum absolute atomic E-state index is 13.9. The maximum Gasteiger partial charge on any atom is 0.332 e. The molecular formula is C25H24FN3O3. The molecule has 1 aromatic heterocycles. The number of amides is 3. The zero-order valence-electron chi connectivity index (χ0n) is 17.9. The van der Waals surface area contributed by atoms with Crippen molar-refractivity contribution in [3.63, 3.8) is 0 Å². The molecule has 0 saturated carbocycles. The van der Waals surface area contributed by atoms with Gasteiger partial charge in [0.2, 0.25) is 0 Å². The summed E-state index contributed by atoms with van der Waals surface area (Å²) >= 11 is 0. The molecule has 1 aliphatic heterocycles. The normalized spacial score (nSPS) is 16.3. The third-order valence-corrected chi connectivity index (χ3v) is 5.72. The number of carbonyl (C=O) groups is 2. The van der Waals surface area contributed by atoms with Crippen LogP contribution in [-0.2, 0) is 17.8 Å². The highest BCUT2D eigenvalue weighted by atomic mass is 19.1. The first kappa shape index (κ1) is 21.5. The van der Waals surface area contributed by atoms with Crippen LogP contribution in [0, 0.1) is 5.82 Å². The second kappa shape index (κ2) is 8.78. The molecule has 1 fully saturated rings. The van der Waals surface area contributed by atoms with E-state index < -0.39 is 29.5 Å². The number of phenols is 1. The molecule has 0 aliphatic carbocycles. The number of halogens is 1. The quantitative estimate of drug-likeness (QED) is 0.575. The van der Waals surface area contributed by atoms with E-state index >= 15 is 0 Å². The Balaban J connectivity index is 1.70. The minimum atomic E-state index is -0.881. The SMILES string of the molecule is CC(C)c1ccc(N2C(=O)C(Cc3cccc(F)c3O)N(Cc3ccncc3)C2=O)cc1. The Bertz CT molecular complexity index is 1130. The molecule has 1 aliphatic rings. The second-order valence-corrected chi connectivity index (χ2v) is 8.15. The molecule has 164 valence electrons. The molecule has 2 aromatic carbocycles. The number of rotatable bonds is 6. The number of hydrogen-bond acceptors (Lipinski definition) is 4. The Morgan fingerprint density at radius 1 is 1.03 bits per heavy atom. The summed E-state index contributed by atoms with van der Waals surface area (Å²) < 4.78 is 13.9. The number of phenolic OH excluding ortho intramolecular Hbond substituents is 1. The van der Waals surface area contributed by atoms with Crippen LogP contribution in [0.25, 0.3) is 0 Å². The average molecular weight is 433 g/mol. The van der Waals surface area contributed by atoms with Crippen molar-refractivity contribution >= 4 is 17.6 Å². The van der Waals surface area contributed by atoms with E-state index in [0.29, 0.717) is 11.6 Å². The number of imide groups is 1. The Morgan fingerprint density at radius 2 is 1.72 bits per heavy atom. The number of benzene rings is 2. The highest BCUT2D eigenvalue weighted by Crippen LogP contribution is 2.31. The lowest BCUT2D eigenvalue weighted by Gasteiger charge is -2.22. The molecule has 3 aromatic rings. The van der Waals surface area contributed by atoms with Crippen molar-refractivity contribution < 1.29 is 19.1 Å². The van der Waals surface area contributed by atoms with E-state index in [4.69, 9.17) is 0 Å². The minimum Gasteiger partial charge on any atom is -0.505 e. The molecule has 1 saturated heterocycles. The molecule has 7 heteroatoms. The van der Waals surface area contributed by atoms with Crippen LogP contribution in [0.2, 0.25) is 0 Å². The predicted molar refractivity (Wildman–Crippen MR) is 119 cm³/mol. The lowest BCUT2D eigenvalue weighted by atomic mass is 10.0. The molecule has 1 unspecified atom stereocenters. The standard InChI is InChI=1S/C25H24FN3O3/c1-16(2)18-6-8-20(9-7-18)29-24(31)22(14-19-4-3-5-21(26)23(19)30)28(25(29)32)15-17-10-12-27-13-11-17/h3-13,16,22,30H,14-15H2,1-2H3. The number of nitrogens with zero attached hydrogens (tertiary/aromatic N) is 3. The van der Waals surface area contributed by atoms with Crippen LogP contribution in [0.4, 0.5) is 14.9 Å². The van der Waals surface area contributed by atoms with Gasteiger partial charge in [-0.3, -0.25) is 9.78 Å². The van der Waals surface area contributed by atoms with Crippen molar-refractivity contribution in [1.29, 1.82) is 0 Å². The lowest BCUT2D eigenvalue weighted by molar-refractivity contribution is -0.119. The van der Waals surface area contributed by atoms with E-state index in [2.05, 4.69) is 18.8 Å². The van der Waals surface area contributed by atoms with Crippen LogP contribution in [0.5, 0.6) is 5.75 Å². The first-order chi connectivity index (χ1) is 15.4. The van der Waals surface area contributed by atoms with Gasteiger partial charge in [-0.2, -0.15) is 0 Å². The summed E-state index contributed by atoms with van der Waals surface area (Å²) in [6, 6.07) is 13.7. The molecule has 3 amide bonds. The summed E-state index contributed by atoms with van der Waals surface area (Å²) in [4.78, 5) is 33.4. The third kappa shape index (κ3) is 4.06. The number of aromatic hydroxyl groups is 1. The highest BCUT2D eigenvalue weighted by molar-refractivity contribution is 6.21. The lowest BCUT2D eigenvalue weighted by Crippen LogP contribution is -2.36. The topological polar surface area (TPSA) is 73.7 Å². The molecule has 2 heterocycles. The number of carbonyl (C=O) groups excluding carboxylic acids is 2. The van der Waals surface area contributed by atoms with Gasteiger partial charge in [0.15, 0.2) is 11.6 Å². The van der Waals surface area contributed by atoms with E-state index in [9.17, 15) is 19.1 Å². The van der Waals surface area contributed by atoms with Gasteiger partial charge in [-0.05, 0) is 52.9 Å². The predicted octanol–water partition coefficient (Wildman–Crippen LogP) is 4.63. The first-order valence-corrected chi connectivity index (χ1v) is 10.5. The van der Waals surface area contributed by atoms with Crippen molar-refractivity contribution in [3.8, 4) is 5.75 Å². The van der Waals surface area contributed by atoms with E-state index in [-0.39, 0.29) is 18.5 Å². The third-order valence-electron chi connectivity index (χ3n) is 5.72. The highest BCUT2D eigenvalue weighted by Gasteiger charge is 2.46. The molecule has 0 bridgehead atoms.